The Morgan fingerprint density at radius 1 is 1.09 bits per heavy atom. The number of carbonyl (C=O) groups excluding carboxylic acids is 2. The van der Waals surface area contributed by atoms with Crippen LogP contribution in [0.25, 0.3) is 10.9 Å². The second kappa shape index (κ2) is 10.5. The van der Waals surface area contributed by atoms with Gasteiger partial charge in [-0.2, -0.15) is 0 Å². The number of likely N-dealkylation sites (tertiary alicyclic amines) is 1. The number of ether oxygens (including phenoxy) is 1. The number of para-hydroxylation sites is 1. The summed E-state index contributed by atoms with van der Waals surface area (Å²) in [5, 5.41) is 8.68. The minimum Gasteiger partial charge on any atom is -0.496 e. The summed E-state index contributed by atoms with van der Waals surface area (Å²) >= 11 is 3.22. The zero-order valence-electron chi connectivity index (χ0n) is 19.4. The van der Waals surface area contributed by atoms with Crippen molar-refractivity contribution in [2.75, 3.05) is 26.7 Å². The Labute approximate surface area is 211 Å². The largest absolute Gasteiger partial charge is 0.496 e. The number of piperidine rings is 1. The molecule has 1 N–H and O–H groups in total. The molecule has 0 bridgehead atoms. The van der Waals surface area contributed by atoms with Crippen molar-refractivity contribution in [2.24, 2.45) is 0 Å². The monoisotopic (exact) mass is 506 g/mol. The molecule has 0 radical (unpaired) electrons. The number of aromatic nitrogens is 2. The third kappa shape index (κ3) is 5.21. The molecule has 0 aliphatic carbocycles. The predicted octanol–water partition coefficient (Wildman–Crippen LogP) is 4.75. The first kappa shape index (κ1) is 23.4. The van der Waals surface area contributed by atoms with Gasteiger partial charge in [0.1, 0.15) is 17.1 Å². The summed E-state index contributed by atoms with van der Waals surface area (Å²) in [5.41, 5.74) is 1.62. The Morgan fingerprint density at radius 3 is 2.69 bits per heavy atom. The molecular weight excluding hydrogens is 480 g/mol. The van der Waals surface area contributed by atoms with Gasteiger partial charge in [0, 0.05) is 47.3 Å². The lowest BCUT2D eigenvalue weighted by molar-refractivity contribution is 0.0707. The number of thiophene rings is 1. The topological polar surface area (TPSA) is 84.4 Å². The summed E-state index contributed by atoms with van der Waals surface area (Å²) in [4.78, 5) is 37.9. The third-order valence-electron chi connectivity index (χ3n) is 6.24. The van der Waals surface area contributed by atoms with Crippen LogP contribution < -0.4 is 10.1 Å². The molecule has 3 aromatic heterocycles. The fourth-order valence-corrected chi connectivity index (χ4v) is 6.02. The van der Waals surface area contributed by atoms with Crippen LogP contribution in [0, 0.1) is 0 Å². The highest BCUT2D eigenvalue weighted by atomic mass is 32.1. The molecule has 9 heteroatoms. The van der Waals surface area contributed by atoms with Gasteiger partial charge in [0.15, 0.2) is 0 Å². The van der Waals surface area contributed by atoms with Crippen LogP contribution in [-0.2, 0) is 6.42 Å². The Morgan fingerprint density at radius 2 is 1.91 bits per heavy atom. The van der Waals surface area contributed by atoms with Gasteiger partial charge in [-0.05, 0) is 42.8 Å². The van der Waals surface area contributed by atoms with E-state index in [0.29, 0.717) is 36.8 Å². The second-order valence-corrected chi connectivity index (χ2v) is 10.4. The quantitative estimate of drug-likeness (QED) is 0.391. The highest BCUT2D eigenvalue weighted by Crippen LogP contribution is 2.32. The molecule has 35 heavy (non-hydrogen) atoms. The van der Waals surface area contributed by atoms with E-state index >= 15 is 0 Å². The average molecular weight is 507 g/mol. The number of thiazole rings is 1. The summed E-state index contributed by atoms with van der Waals surface area (Å²) in [6, 6.07) is 13.5. The maximum Gasteiger partial charge on any atom is 0.272 e. The van der Waals surface area contributed by atoms with E-state index < -0.39 is 0 Å². The van der Waals surface area contributed by atoms with Gasteiger partial charge in [0.2, 0.25) is 0 Å². The van der Waals surface area contributed by atoms with Crippen LogP contribution in [0.1, 0.15) is 49.6 Å². The van der Waals surface area contributed by atoms with Crippen molar-refractivity contribution in [1.29, 1.82) is 0 Å². The van der Waals surface area contributed by atoms with Gasteiger partial charge in [-0.3, -0.25) is 9.59 Å². The first-order chi connectivity index (χ1) is 17.1. The molecular formula is C26H26N4O3S2. The maximum atomic E-state index is 13.2. The Balaban J connectivity index is 1.18. The molecule has 4 heterocycles. The van der Waals surface area contributed by atoms with Gasteiger partial charge in [-0.15, -0.1) is 22.7 Å². The Kier molecular flexibility index (Phi) is 7.06. The molecule has 1 fully saturated rings. The van der Waals surface area contributed by atoms with Crippen molar-refractivity contribution in [1.82, 2.24) is 20.2 Å². The number of hydrogen-bond acceptors (Lipinski definition) is 7. The van der Waals surface area contributed by atoms with Crippen molar-refractivity contribution < 1.29 is 14.3 Å². The summed E-state index contributed by atoms with van der Waals surface area (Å²) < 4.78 is 5.50. The lowest BCUT2D eigenvalue weighted by Crippen LogP contribution is -2.38. The van der Waals surface area contributed by atoms with Crippen molar-refractivity contribution in [2.45, 2.75) is 25.2 Å². The molecule has 0 saturated carbocycles. The molecule has 1 aromatic carbocycles. The highest BCUT2D eigenvalue weighted by Gasteiger charge is 2.28. The SMILES string of the molecule is COc1cc(C(=O)N2CCC(c3nc(C(=O)NCCc4cccs4)cs3)CC2)nc2ccccc12. The summed E-state index contributed by atoms with van der Waals surface area (Å²) in [6.45, 7) is 1.85. The number of nitrogens with one attached hydrogen (secondary N) is 1. The molecule has 0 atom stereocenters. The molecule has 2 amide bonds. The number of benzene rings is 1. The molecule has 5 rings (SSSR count). The van der Waals surface area contributed by atoms with Crippen molar-refractivity contribution in [3.05, 3.63) is 74.5 Å². The summed E-state index contributed by atoms with van der Waals surface area (Å²) in [7, 11) is 1.60. The summed E-state index contributed by atoms with van der Waals surface area (Å²) in [5.74, 6) is 0.680. The van der Waals surface area contributed by atoms with Crippen molar-refractivity contribution in [3.8, 4) is 5.75 Å². The predicted molar refractivity (Wildman–Crippen MR) is 139 cm³/mol. The minimum absolute atomic E-state index is 0.0857. The number of pyridine rings is 1. The second-order valence-electron chi connectivity index (χ2n) is 8.45. The smallest absolute Gasteiger partial charge is 0.272 e. The van der Waals surface area contributed by atoms with E-state index in [9.17, 15) is 9.59 Å². The fraction of sp³-hybridized carbons (Fsp3) is 0.308. The Hall–Kier alpha value is -3.30. The number of nitrogens with zero attached hydrogens (tertiary/aromatic N) is 3. The molecule has 180 valence electrons. The normalized spacial score (nSPS) is 14.3. The fourth-order valence-electron chi connectivity index (χ4n) is 4.34. The third-order valence-corrected chi connectivity index (χ3v) is 8.18. The van der Waals surface area contributed by atoms with E-state index in [0.717, 1.165) is 35.2 Å². The zero-order chi connectivity index (χ0) is 24.2. The Bertz CT molecular complexity index is 1330. The number of fused-ring (bicyclic) bond motifs is 1. The van der Waals surface area contributed by atoms with E-state index in [1.54, 1.807) is 24.5 Å². The number of carbonyl (C=O) groups is 2. The number of rotatable bonds is 7. The molecule has 1 aliphatic rings. The van der Waals surface area contributed by atoms with Gasteiger partial charge in [0.25, 0.3) is 11.8 Å². The van der Waals surface area contributed by atoms with Gasteiger partial charge >= 0.3 is 0 Å². The molecule has 7 nitrogen and oxygen atoms in total. The lowest BCUT2D eigenvalue weighted by Gasteiger charge is -2.31. The molecule has 1 aliphatic heterocycles. The van der Waals surface area contributed by atoms with E-state index in [4.69, 9.17) is 4.74 Å². The van der Waals surface area contributed by atoms with Crippen LogP contribution in [0.15, 0.2) is 53.2 Å². The van der Waals surface area contributed by atoms with Crippen LogP contribution in [0.2, 0.25) is 0 Å². The first-order valence-electron chi connectivity index (χ1n) is 11.6. The van der Waals surface area contributed by atoms with Gasteiger partial charge < -0.3 is 15.0 Å². The van der Waals surface area contributed by atoms with Crippen LogP contribution in [-0.4, -0.2) is 53.4 Å². The van der Waals surface area contributed by atoms with Gasteiger partial charge in [-0.1, -0.05) is 18.2 Å². The van der Waals surface area contributed by atoms with Gasteiger partial charge in [0.05, 0.1) is 17.6 Å². The van der Waals surface area contributed by atoms with Crippen molar-refractivity contribution in [3.63, 3.8) is 0 Å². The molecule has 0 spiro atoms. The van der Waals surface area contributed by atoms with E-state index in [2.05, 4.69) is 21.4 Å². The highest BCUT2D eigenvalue weighted by molar-refractivity contribution is 7.10. The number of hydrogen-bond donors (Lipinski definition) is 1. The van der Waals surface area contributed by atoms with Crippen LogP contribution >= 0.6 is 22.7 Å². The molecule has 1 saturated heterocycles. The van der Waals surface area contributed by atoms with Crippen LogP contribution in [0.4, 0.5) is 0 Å². The number of amides is 2. The molecule has 0 unspecified atom stereocenters. The number of methoxy groups -OCH3 is 1. The van der Waals surface area contributed by atoms with Crippen molar-refractivity contribution >= 4 is 45.4 Å². The average Bonchev–Trinajstić information content (AvgIpc) is 3.60. The van der Waals surface area contributed by atoms with Gasteiger partial charge in [-0.25, -0.2) is 9.97 Å². The standard InChI is InChI=1S/C26H26N4O3S2/c1-33-23-15-21(28-20-7-3-2-6-19(20)23)26(32)30-12-9-17(10-13-30)25-29-22(16-35-25)24(31)27-11-8-18-5-4-14-34-18/h2-7,14-17H,8-13H2,1H3,(H,27,31). The molecule has 4 aromatic rings. The minimum atomic E-state index is -0.131. The summed E-state index contributed by atoms with van der Waals surface area (Å²) in [6.07, 6.45) is 2.44. The first-order valence-corrected chi connectivity index (χ1v) is 13.4. The van der Waals surface area contributed by atoms with E-state index in [1.807, 2.05) is 46.0 Å². The maximum absolute atomic E-state index is 13.2. The van der Waals surface area contributed by atoms with Crippen LogP contribution in [0.5, 0.6) is 5.75 Å². The van der Waals surface area contributed by atoms with E-state index in [1.165, 1.54) is 16.2 Å². The van der Waals surface area contributed by atoms with E-state index in [-0.39, 0.29) is 17.7 Å². The zero-order valence-corrected chi connectivity index (χ0v) is 21.0. The van der Waals surface area contributed by atoms with Crippen LogP contribution in [0.3, 0.4) is 0 Å². The lowest BCUT2D eigenvalue weighted by atomic mass is 9.97.